The SMILES string of the molecule is C=CN(CCCCCCCCCC)c1ccccc1. The quantitative estimate of drug-likeness (QED) is 0.455. The molecule has 1 rings (SSSR count). The second-order valence-electron chi connectivity index (χ2n) is 5.19. The first kappa shape index (κ1) is 15.8. The van der Waals surface area contributed by atoms with Crippen molar-refractivity contribution in [2.24, 2.45) is 0 Å². The summed E-state index contributed by atoms with van der Waals surface area (Å²) in [4.78, 5) is 2.25. The van der Waals surface area contributed by atoms with Crippen LogP contribution in [0.1, 0.15) is 58.3 Å². The molecule has 106 valence electrons. The van der Waals surface area contributed by atoms with Crippen LogP contribution in [0, 0.1) is 0 Å². The fourth-order valence-electron chi connectivity index (χ4n) is 2.36. The lowest BCUT2D eigenvalue weighted by Gasteiger charge is -2.19. The largest absolute Gasteiger partial charge is 0.349 e. The van der Waals surface area contributed by atoms with Crippen molar-refractivity contribution < 1.29 is 0 Å². The molecule has 1 aromatic carbocycles. The lowest BCUT2D eigenvalue weighted by molar-refractivity contribution is 0.576. The monoisotopic (exact) mass is 259 g/mol. The number of hydrogen-bond donors (Lipinski definition) is 0. The van der Waals surface area contributed by atoms with E-state index >= 15 is 0 Å². The summed E-state index contributed by atoms with van der Waals surface area (Å²) < 4.78 is 0. The Bertz CT molecular complexity index is 318. The third-order valence-corrected chi connectivity index (χ3v) is 3.56. The number of rotatable bonds is 11. The fraction of sp³-hybridized carbons (Fsp3) is 0.556. The zero-order valence-corrected chi connectivity index (χ0v) is 12.5. The van der Waals surface area contributed by atoms with Gasteiger partial charge in [-0.2, -0.15) is 0 Å². The highest BCUT2D eigenvalue weighted by molar-refractivity contribution is 5.48. The molecular formula is C18H29N. The summed E-state index contributed by atoms with van der Waals surface area (Å²) in [6.45, 7) is 7.27. The van der Waals surface area contributed by atoms with E-state index < -0.39 is 0 Å². The average Bonchev–Trinajstić information content (AvgIpc) is 2.47. The highest BCUT2D eigenvalue weighted by Gasteiger charge is 2.00. The summed E-state index contributed by atoms with van der Waals surface area (Å²) >= 11 is 0. The van der Waals surface area contributed by atoms with Gasteiger partial charge >= 0.3 is 0 Å². The number of nitrogens with zero attached hydrogens (tertiary/aromatic N) is 1. The Balaban J connectivity index is 2.09. The molecular weight excluding hydrogens is 230 g/mol. The van der Waals surface area contributed by atoms with E-state index in [2.05, 4.69) is 48.7 Å². The lowest BCUT2D eigenvalue weighted by Crippen LogP contribution is -2.16. The molecule has 0 amide bonds. The number of para-hydroxylation sites is 1. The normalized spacial score (nSPS) is 10.4. The maximum absolute atomic E-state index is 3.91. The van der Waals surface area contributed by atoms with E-state index in [1.165, 1.54) is 57.1 Å². The van der Waals surface area contributed by atoms with Crippen molar-refractivity contribution in [1.82, 2.24) is 0 Å². The Hall–Kier alpha value is -1.24. The summed E-state index contributed by atoms with van der Waals surface area (Å²) in [5, 5.41) is 0. The summed E-state index contributed by atoms with van der Waals surface area (Å²) in [5.41, 5.74) is 1.25. The van der Waals surface area contributed by atoms with Crippen LogP contribution in [0.5, 0.6) is 0 Å². The van der Waals surface area contributed by atoms with Crippen LogP contribution >= 0.6 is 0 Å². The van der Waals surface area contributed by atoms with Gasteiger partial charge in [0.05, 0.1) is 0 Å². The molecule has 1 heteroatoms. The van der Waals surface area contributed by atoms with Crippen LogP contribution in [-0.2, 0) is 0 Å². The maximum atomic E-state index is 3.91. The van der Waals surface area contributed by atoms with Gasteiger partial charge in [-0.3, -0.25) is 0 Å². The fourth-order valence-corrected chi connectivity index (χ4v) is 2.36. The average molecular weight is 259 g/mol. The van der Waals surface area contributed by atoms with Gasteiger partial charge in [-0.25, -0.2) is 0 Å². The van der Waals surface area contributed by atoms with Crippen LogP contribution in [0.4, 0.5) is 5.69 Å². The second kappa shape index (κ2) is 10.7. The lowest BCUT2D eigenvalue weighted by atomic mass is 10.1. The molecule has 0 aliphatic heterocycles. The molecule has 1 nitrogen and oxygen atoms in total. The molecule has 0 aromatic heterocycles. The van der Waals surface area contributed by atoms with Crippen molar-refractivity contribution in [3.05, 3.63) is 43.1 Å². The van der Waals surface area contributed by atoms with Crippen molar-refractivity contribution in [2.75, 3.05) is 11.4 Å². The molecule has 0 N–H and O–H groups in total. The molecule has 1 aromatic rings. The van der Waals surface area contributed by atoms with Gasteiger partial charge < -0.3 is 4.90 Å². The number of hydrogen-bond acceptors (Lipinski definition) is 1. The van der Waals surface area contributed by atoms with Gasteiger partial charge in [-0.1, -0.05) is 76.6 Å². The first-order chi connectivity index (χ1) is 9.38. The van der Waals surface area contributed by atoms with Crippen molar-refractivity contribution in [3.8, 4) is 0 Å². The van der Waals surface area contributed by atoms with E-state index in [4.69, 9.17) is 0 Å². The molecule has 0 heterocycles. The maximum Gasteiger partial charge on any atom is 0.0405 e. The highest BCUT2D eigenvalue weighted by Crippen LogP contribution is 2.15. The molecule has 0 fully saturated rings. The van der Waals surface area contributed by atoms with E-state index in [0.29, 0.717) is 0 Å². The summed E-state index contributed by atoms with van der Waals surface area (Å²) in [6, 6.07) is 10.5. The Kier molecular flexibility index (Phi) is 8.87. The molecule has 19 heavy (non-hydrogen) atoms. The molecule has 0 spiro atoms. The van der Waals surface area contributed by atoms with Crippen LogP contribution in [0.2, 0.25) is 0 Å². The van der Waals surface area contributed by atoms with Gasteiger partial charge in [0.15, 0.2) is 0 Å². The molecule has 0 unspecified atom stereocenters. The van der Waals surface area contributed by atoms with Crippen LogP contribution in [0.3, 0.4) is 0 Å². The Labute approximate surface area is 119 Å². The summed E-state index contributed by atoms with van der Waals surface area (Å²) in [7, 11) is 0. The number of benzene rings is 1. The van der Waals surface area contributed by atoms with E-state index in [1.54, 1.807) is 0 Å². The molecule has 0 radical (unpaired) electrons. The highest BCUT2D eigenvalue weighted by atomic mass is 15.1. The number of unbranched alkanes of at least 4 members (excludes halogenated alkanes) is 7. The topological polar surface area (TPSA) is 3.24 Å². The van der Waals surface area contributed by atoms with E-state index in [-0.39, 0.29) is 0 Å². The smallest absolute Gasteiger partial charge is 0.0405 e. The van der Waals surface area contributed by atoms with Crippen molar-refractivity contribution in [1.29, 1.82) is 0 Å². The Morgan fingerprint density at radius 3 is 2.05 bits per heavy atom. The van der Waals surface area contributed by atoms with Crippen LogP contribution in [0.25, 0.3) is 0 Å². The zero-order valence-electron chi connectivity index (χ0n) is 12.5. The zero-order chi connectivity index (χ0) is 13.8. The van der Waals surface area contributed by atoms with Gasteiger partial charge in [0.2, 0.25) is 0 Å². The van der Waals surface area contributed by atoms with Gasteiger partial charge in [-0.15, -0.1) is 0 Å². The molecule has 0 bridgehead atoms. The molecule has 0 saturated heterocycles. The Morgan fingerprint density at radius 2 is 1.47 bits per heavy atom. The van der Waals surface area contributed by atoms with Gasteiger partial charge in [0.1, 0.15) is 0 Å². The molecule has 0 aliphatic rings. The van der Waals surface area contributed by atoms with Crippen LogP contribution < -0.4 is 4.90 Å². The molecule has 0 aliphatic carbocycles. The van der Waals surface area contributed by atoms with Gasteiger partial charge in [0, 0.05) is 12.2 Å². The summed E-state index contributed by atoms with van der Waals surface area (Å²) in [5.74, 6) is 0. The second-order valence-corrected chi connectivity index (χ2v) is 5.19. The van der Waals surface area contributed by atoms with Gasteiger partial charge in [0.25, 0.3) is 0 Å². The van der Waals surface area contributed by atoms with E-state index in [0.717, 1.165) is 6.54 Å². The first-order valence-electron chi connectivity index (χ1n) is 7.82. The minimum absolute atomic E-state index is 1.09. The number of anilines is 1. The van der Waals surface area contributed by atoms with Gasteiger partial charge in [-0.05, 0) is 24.8 Å². The van der Waals surface area contributed by atoms with Crippen molar-refractivity contribution in [3.63, 3.8) is 0 Å². The molecule has 0 saturated carbocycles. The first-order valence-corrected chi connectivity index (χ1v) is 7.82. The van der Waals surface area contributed by atoms with E-state index in [9.17, 15) is 0 Å². The minimum Gasteiger partial charge on any atom is -0.349 e. The standard InChI is InChI=1S/C18H29N/c1-3-5-6-7-8-9-10-14-17-19(4-2)18-15-12-11-13-16-18/h4,11-13,15-16H,2-3,5-10,14,17H2,1H3. The predicted molar refractivity (Wildman–Crippen MR) is 86.6 cm³/mol. The summed E-state index contributed by atoms with van der Waals surface area (Å²) in [6.07, 6.45) is 12.9. The van der Waals surface area contributed by atoms with E-state index in [1.807, 2.05) is 6.20 Å². The molecule has 0 atom stereocenters. The third kappa shape index (κ3) is 7.05. The minimum atomic E-state index is 1.09. The predicted octanol–water partition coefficient (Wildman–Crippen LogP) is 5.78. The van der Waals surface area contributed by atoms with Crippen molar-refractivity contribution >= 4 is 5.69 Å². The van der Waals surface area contributed by atoms with Crippen LogP contribution in [0.15, 0.2) is 43.1 Å². The van der Waals surface area contributed by atoms with Crippen LogP contribution in [-0.4, -0.2) is 6.54 Å². The Morgan fingerprint density at radius 1 is 0.895 bits per heavy atom. The van der Waals surface area contributed by atoms with Crippen molar-refractivity contribution in [2.45, 2.75) is 58.3 Å². The third-order valence-electron chi connectivity index (χ3n) is 3.56.